The number of rotatable bonds is 2. The van der Waals surface area contributed by atoms with Crippen LogP contribution in [0.25, 0.3) is 11.4 Å². The Bertz CT molecular complexity index is 545. The van der Waals surface area contributed by atoms with Crippen LogP contribution in [-0.2, 0) is 0 Å². The first-order chi connectivity index (χ1) is 8.39. The molecule has 0 aliphatic rings. The van der Waals surface area contributed by atoms with Gasteiger partial charge >= 0.3 is 0 Å². The first-order valence-corrected chi connectivity index (χ1v) is 5.73. The van der Waals surface area contributed by atoms with Crippen LogP contribution >= 0.6 is 0 Å². The summed E-state index contributed by atoms with van der Waals surface area (Å²) in [6.45, 7) is 5.93. The molecule has 0 bridgehead atoms. The zero-order chi connectivity index (χ0) is 13.3. The van der Waals surface area contributed by atoms with Gasteiger partial charge in [-0.2, -0.15) is 4.98 Å². The van der Waals surface area contributed by atoms with Crippen molar-refractivity contribution >= 4 is 0 Å². The molecule has 1 aromatic carbocycles. The quantitative estimate of drug-likeness (QED) is 0.888. The van der Waals surface area contributed by atoms with Crippen LogP contribution in [0.15, 0.2) is 28.8 Å². The van der Waals surface area contributed by atoms with Crippen molar-refractivity contribution in [3.8, 4) is 11.4 Å². The minimum absolute atomic E-state index is 0.195. The largest absolute Gasteiger partial charge is 0.337 e. The monoisotopic (exact) mass is 249 g/mol. The molecule has 0 saturated heterocycles. The van der Waals surface area contributed by atoms with Gasteiger partial charge in [0.1, 0.15) is 5.82 Å². The first-order valence-electron chi connectivity index (χ1n) is 5.73. The Morgan fingerprint density at radius 3 is 2.56 bits per heavy atom. The molecule has 18 heavy (non-hydrogen) atoms. The number of aromatic nitrogens is 2. The van der Waals surface area contributed by atoms with Gasteiger partial charge in [0.25, 0.3) is 0 Å². The molecule has 1 heterocycles. The van der Waals surface area contributed by atoms with Gasteiger partial charge in [-0.25, -0.2) is 4.39 Å². The van der Waals surface area contributed by atoms with E-state index in [2.05, 4.69) is 10.1 Å². The molecular formula is C13H16FN3O. The zero-order valence-electron chi connectivity index (χ0n) is 10.6. The molecule has 0 aliphatic carbocycles. The molecule has 1 aromatic heterocycles. The number of halogens is 1. The summed E-state index contributed by atoms with van der Waals surface area (Å²) in [6, 6.07) is 5.91. The summed E-state index contributed by atoms with van der Waals surface area (Å²) < 4.78 is 18.7. The van der Waals surface area contributed by atoms with Gasteiger partial charge in [0.2, 0.25) is 11.7 Å². The van der Waals surface area contributed by atoms with E-state index >= 15 is 0 Å². The van der Waals surface area contributed by atoms with Crippen LogP contribution < -0.4 is 5.73 Å². The topological polar surface area (TPSA) is 64.9 Å². The smallest absolute Gasteiger partial charge is 0.244 e. The predicted octanol–water partition coefficient (Wildman–Crippen LogP) is 2.92. The lowest BCUT2D eigenvalue weighted by Crippen LogP contribution is -2.26. The second kappa shape index (κ2) is 4.49. The van der Waals surface area contributed by atoms with E-state index in [0.29, 0.717) is 11.5 Å². The van der Waals surface area contributed by atoms with Gasteiger partial charge in [-0.1, -0.05) is 38.1 Å². The lowest BCUT2D eigenvalue weighted by atomic mass is 9.87. The van der Waals surface area contributed by atoms with Crippen LogP contribution in [0, 0.1) is 11.2 Å². The Kier molecular flexibility index (Phi) is 3.17. The second-order valence-corrected chi connectivity index (χ2v) is 5.28. The molecule has 0 radical (unpaired) electrons. The number of benzene rings is 1. The molecular weight excluding hydrogens is 233 g/mol. The molecule has 4 nitrogen and oxygen atoms in total. The molecule has 0 fully saturated rings. The van der Waals surface area contributed by atoms with Crippen molar-refractivity contribution in [2.75, 3.05) is 0 Å². The summed E-state index contributed by atoms with van der Waals surface area (Å²) in [5, 5.41) is 3.78. The summed E-state index contributed by atoms with van der Waals surface area (Å²) in [6.07, 6.45) is 0. The van der Waals surface area contributed by atoms with Crippen molar-refractivity contribution in [2.24, 2.45) is 11.1 Å². The SMILES string of the molecule is CC(C)(C)C(N)c1nc(-c2ccccc2F)no1. The highest BCUT2D eigenvalue weighted by Gasteiger charge is 2.28. The van der Waals surface area contributed by atoms with Gasteiger partial charge in [-0.15, -0.1) is 0 Å². The van der Waals surface area contributed by atoms with Crippen molar-refractivity contribution in [1.29, 1.82) is 0 Å². The third-order valence-electron chi connectivity index (χ3n) is 2.76. The minimum Gasteiger partial charge on any atom is -0.337 e. The van der Waals surface area contributed by atoms with Crippen LogP contribution in [0.2, 0.25) is 0 Å². The van der Waals surface area contributed by atoms with Crippen LogP contribution in [-0.4, -0.2) is 10.1 Å². The molecule has 1 atom stereocenters. The molecule has 2 N–H and O–H groups in total. The molecule has 0 saturated carbocycles. The molecule has 1 unspecified atom stereocenters. The maximum absolute atomic E-state index is 13.6. The summed E-state index contributed by atoms with van der Waals surface area (Å²) in [7, 11) is 0. The summed E-state index contributed by atoms with van der Waals surface area (Å²) >= 11 is 0. The first kappa shape index (κ1) is 12.7. The van der Waals surface area contributed by atoms with E-state index in [1.165, 1.54) is 6.07 Å². The third-order valence-corrected chi connectivity index (χ3v) is 2.76. The Balaban J connectivity index is 2.35. The molecule has 96 valence electrons. The van der Waals surface area contributed by atoms with Crippen LogP contribution in [0.4, 0.5) is 4.39 Å². The van der Waals surface area contributed by atoms with Crippen LogP contribution in [0.3, 0.4) is 0 Å². The van der Waals surface area contributed by atoms with Gasteiger partial charge in [0, 0.05) is 0 Å². The average Bonchev–Trinajstić information content (AvgIpc) is 2.76. The standard InChI is InChI=1S/C13H16FN3O/c1-13(2,3)10(15)12-16-11(17-18-12)8-6-4-5-7-9(8)14/h4-7,10H,15H2,1-3H3. The lowest BCUT2D eigenvalue weighted by Gasteiger charge is -2.23. The fourth-order valence-corrected chi connectivity index (χ4v) is 1.48. The molecule has 0 aliphatic heterocycles. The van der Waals surface area contributed by atoms with Gasteiger partial charge < -0.3 is 10.3 Å². The molecule has 0 spiro atoms. The highest BCUT2D eigenvalue weighted by Crippen LogP contribution is 2.30. The van der Waals surface area contributed by atoms with E-state index in [9.17, 15) is 4.39 Å². The minimum atomic E-state index is -0.384. The molecule has 2 rings (SSSR count). The Hall–Kier alpha value is -1.75. The van der Waals surface area contributed by atoms with E-state index in [1.54, 1.807) is 18.2 Å². The van der Waals surface area contributed by atoms with Gasteiger partial charge in [-0.05, 0) is 17.5 Å². The van der Waals surface area contributed by atoms with Crippen LogP contribution in [0.1, 0.15) is 32.7 Å². The van der Waals surface area contributed by atoms with E-state index in [0.717, 1.165) is 0 Å². The molecule has 2 aromatic rings. The Morgan fingerprint density at radius 1 is 1.28 bits per heavy atom. The number of hydrogen-bond donors (Lipinski definition) is 1. The number of nitrogens with zero attached hydrogens (tertiary/aromatic N) is 2. The van der Waals surface area contributed by atoms with E-state index in [4.69, 9.17) is 10.3 Å². The fourth-order valence-electron chi connectivity index (χ4n) is 1.48. The van der Waals surface area contributed by atoms with Crippen molar-refractivity contribution in [3.63, 3.8) is 0 Å². The highest BCUT2D eigenvalue weighted by molar-refractivity contribution is 5.54. The predicted molar refractivity (Wildman–Crippen MR) is 66.1 cm³/mol. The fraction of sp³-hybridized carbons (Fsp3) is 0.385. The molecule has 0 amide bonds. The van der Waals surface area contributed by atoms with Crippen molar-refractivity contribution < 1.29 is 8.91 Å². The Morgan fingerprint density at radius 2 is 1.94 bits per heavy atom. The Labute approximate surface area is 105 Å². The highest BCUT2D eigenvalue weighted by atomic mass is 19.1. The summed E-state index contributed by atoms with van der Waals surface area (Å²) in [4.78, 5) is 4.16. The van der Waals surface area contributed by atoms with Gasteiger partial charge in [0.05, 0.1) is 11.6 Å². The zero-order valence-corrected chi connectivity index (χ0v) is 10.6. The van der Waals surface area contributed by atoms with Crippen LogP contribution in [0.5, 0.6) is 0 Å². The maximum atomic E-state index is 13.6. The number of nitrogens with two attached hydrogens (primary N) is 1. The average molecular weight is 249 g/mol. The summed E-state index contributed by atoms with van der Waals surface area (Å²) in [5.41, 5.74) is 6.13. The normalized spacial score (nSPS) is 13.6. The van der Waals surface area contributed by atoms with E-state index in [-0.39, 0.29) is 23.1 Å². The third kappa shape index (κ3) is 2.41. The van der Waals surface area contributed by atoms with E-state index in [1.807, 2.05) is 20.8 Å². The van der Waals surface area contributed by atoms with Gasteiger partial charge in [-0.3, -0.25) is 0 Å². The maximum Gasteiger partial charge on any atom is 0.244 e. The van der Waals surface area contributed by atoms with Crippen molar-refractivity contribution in [2.45, 2.75) is 26.8 Å². The van der Waals surface area contributed by atoms with E-state index < -0.39 is 0 Å². The summed E-state index contributed by atoms with van der Waals surface area (Å²) in [5.74, 6) is 0.165. The molecule has 5 heteroatoms. The van der Waals surface area contributed by atoms with Gasteiger partial charge in [0.15, 0.2) is 0 Å². The number of hydrogen-bond acceptors (Lipinski definition) is 4. The van der Waals surface area contributed by atoms with Crippen molar-refractivity contribution in [1.82, 2.24) is 10.1 Å². The van der Waals surface area contributed by atoms with Crippen molar-refractivity contribution in [3.05, 3.63) is 36.0 Å². The second-order valence-electron chi connectivity index (χ2n) is 5.28. The lowest BCUT2D eigenvalue weighted by molar-refractivity contribution is 0.253.